The molecule has 2 rings (SSSR count). The van der Waals surface area contributed by atoms with Crippen LogP contribution < -0.4 is 4.74 Å². The lowest BCUT2D eigenvalue weighted by Gasteiger charge is -2.39. The number of aryl methyl sites for hydroxylation is 1. The molecule has 0 aromatic heterocycles. The van der Waals surface area contributed by atoms with E-state index in [1.165, 1.54) is 12.0 Å². The normalized spacial score (nSPS) is 24.4. The molecule has 19 heavy (non-hydrogen) atoms. The molecular weight excluding hydrogens is 238 g/mol. The van der Waals surface area contributed by atoms with Crippen molar-refractivity contribution in [3.63, 3.8) is 0 Å². The third-order valence-electron chi connectivity index (χ3n) is 4.00. The van der Waals surface area contributed by atoms with E-state index in [1.807, 2.05) is 18.2 Å². The van der Waals surface area contributed by atoms with Gasteiger partial charge in [0, 0.05) is 25.1 Å². The van der Waals surface area contributed by atoms with Crippen LogP contribution in [0, 0.1) is 12.3 Å². The van der Waals surface area contributed by atoms with E-state index in [1.54, 1.807) is 0 Å². The molecule has 1 fully saturated rings. The third kappa shape index (κ3) is 3.95. The first kappa shape index (κ1) is 14.4. The molecule has 0 aliphatic carbocycles. The summed E-state index contributed by atoms with van der Waals surface area (Å²) in [6.07, 6.45) is 2.29. The molecule has 0 radical (unpaired) electrons. The van der Waals surface area contributed by atoms with Gasteiger partial charge in [0.15, 0.2) is 0 Å². The Morgan fingerprint density at radius 1 is 1.37 bits per heavy atom. The van der Waals surface area contributed by atoms with E-state index >= 15 is 0 Å². The molecule has 0 bridgehead atoms. The van der Waals surface area contributed by atoms with Gasteiger partial charge in [0.05, 0.1) is 0 Å². The molecular formula is C16H25NO2. The Labute approximate surface area is 116 Å². The van der Waals surface area contributed by atoms with Crippen LogP contribution in [0.5, 0.6) is 5.75 Å². The van der Waals surface area contributed by atoms with Gasteiger partial charge in [0.1, 0.15) is 12.4 Å². The van der Waals surface area contributed by atoms with Crippen LogP contribution in [0.15, 0.2) is 24.3 Å². The summed E-state index contributed by atoms with van der Waals surface area (Å²) in [4.78, 5) is 2.40. The number of nitrogens with zero attached hydrogens (tertiary/aromatic N) is 1. The SMILES string of the molecule is Cc1ccccc1OCCN1CCCC(C)(CO)C1. The largest absolute Gasteiger partial charge is 0.492 e. The van der Waals surface area contributed by atoms with E-state index in [0.29, 0.717) is 6.61 Å². The second kappa shape index (κ2) is 6.40. The van der Waals surface area contributed by atoms with Crippen molar-refractivity contribution >= 4 is 0 Å². The summed E-state index contributed by atoms with van der Waals surface area (Å²) in [5, 5.41) is 9.45. The zero-order valence-corrected chi connectivity index (χ0v) is 12.1. The third-order valence-corrected chi connectivity index (χ3v) is 4.00. The standard InChI is InChI=1S/C16H25NO2/c1-14-6-3-4-7-15(14)19-11-10-17-9-5-8-16(2,12-17)13-18/h3-4,6-7,18H,5,8-13H2,1-2H3. The molecule has 1 saturated heterocycles. The molecule has 1 aromatic carbocycles. The Hall–Kier alpha value is -1.06. The average Bonchev–Trinajstić information content (AvgIpc) is 2.41. The van der Waals surface area contributed by atoms with Crippen molar-refractivity contribution in [2.45, 2.75) is 26.7 Å². The molecule has 3 nitrogen and oxygen atoms in total. The minimum atomic E-state index is 0.0704. The van der Waals surface area contributed by atoms with Crippen LogP contribution in [0.1, 0.15) is 25.3 Å². The highest BCUT2D eigenvalue weighted by molar-refractivity contribution is 5.31. The van der Waals surface area contributed by atoms with Gasteiger partial charge in [-0.15, -0.1) is 0 Å². The maximum absolute atomic E-state index is 9.45. The smallest absolute Gasteiger partial charge is 0.122 e. The quantitative estimate of drug-likeness (QED) is 0.886. The second-order valence-corrected chi connectivity index (χ2v) is 5.96. The van der Waals surface area contributed by atoms with Crippen LogP contribution in [0.2, 0.25) is 0 Å². The Morgan fingerprint density at radius 2 is 2.16 bits per heavy atom. The van der Waals surface area contributed by atoms with Gasteiger partial charge in [-0.05, 0) is 37.9 Å². The van der Waals surface area contributed by atoms with Crippen LogP contribution in [-0.2, 0) is 0 Å². The van der Waals surface area contributed by atoms with Gasteiger partial charge in [-0.1, -0.05) is 25.1 Å². The first-order valence-electron chi connectivity index (χ1n) is 7.15. The highest BCUT2D eigenvalue weighted by atomic mass is 16.5. The Kier molecular flexibility index (Phi) is 4.83. The number of likely N-dealkylation sites (tertiary alicyclic amines) is 1. The number of para-hydroxylation sites is 1. The van der Waals surface area contributed by atoms with Crippen molar-refractivity contribution in [2.24, 2.45) is 5.41 Å². The second-order valence-electron chi connectivity index (χ2n) is 5.96. The zero-order valence-electron chi connectivity index (χ0n) is 12.1. The van der Waals surface area contributed by atoms with Crippen molar-refractivity contribution in [3.8, 4) is 5.75 Å². The number of ether oxygens (including phenoxy) is 1. The number of aliphatic hydroxyl groups excluding tert-OH is 1. The molecule has 0 saturated carbocycles. The number of aliphatic hydroxyl groups is 1. The van der Waals surface area contributed by atoms with Gasteiger partial charge in [-0.25, -0.2) is 0 Å². The molecule has 106 valence electrons. The lowest BCUT2D eigenvalue weighted by Crippen LogP contribution is -2.45. The number of rotatable bonds is 5. The summed E-state index contributed by atoms with van der Waals surface area (Å²) >= 11 is 0. The molecule has 1 N–H and O–H groups in total. The summed E-state index contributed by atoms with van der Waals surface area (Å²) in [6, 6.07) is 8.12. The fourth-order valence-electron chi connectivity index (χ4n) is 2.75. The van der Waals surface area contributed by atoms with Crippen molar-refractivity contribution in [2.75, 3.05) is 32.8 Å². The predicted octanol–water partition coefficient (Wildman–Crippen LogP) is 2.47. The Balaban J connectivity index is 1.78. The monoisotopic (exact) mass is 263 g/mol. The summed E-state index contributed by atoms with van der Waals surface area (Å²) in [5.74, 6) is 0.976. The maximum Gasteiger partial charge on any atom is 0.122 e. The predicted molar refractivity (Wildman–Crippen MR) is 77.5 cm³/mol. The van der Waals surface area contributed by atoms with Crippen LogP contribution in [-0.4, -0.2) is 42.9 Å². The number of hydrogen-bond acceptors (Lipinski definition) is 3. The van der Waals surface area contributed by atoms with Crippen molar-refractivity contribution in [1.82, 2.24) is 4.90 Å². The minimum Gasteiger partial charge on any atom is -0.492 e. The van der Waals surface area contributed by atoms with E-state index in [9.17, 15) is 5.11 Å². The molecule has 0 spiro atoms. The fraction of sp³-hybridized carbons (Fsp3) is 0.625. The molecule has 3 heteroatoms. The first-order valence-corrected chi connectivity index (χ1v) is 7.15. The van der Waals surface area contributed by atoms with E-state index in [0.717, 1.165) is 31.8 Å². The molecule has 1 heterocycles. The van der Waals surface area contributed by atoms with Gasteiger partial charge >= 0.3 is 0 Å². The molecule has 1 aliphatic heterocycles. The van der Waals surface area contributed by atoms with Gasteiger partial charge < -0.3 is 9.84 Å². The van der Waals surface area contributed by atoms with Crippen LogP contribution in [0.3, 0.4) is 0 Å². The summed E-state index contributed by atoms with van der Waals surface area (Å²) in [5.41, 5.74) is 1.25. The Morgan fingerprint density at radius 3 is 2.89 bits per heavy atom. The van der Waals surface area contributed by atoms with E-state index < -0.39 is 0 Å². The van der Waals surface area contributed by atoms with Gasteiger partial charge in [0.2, 0.25) is 0 Å². The van der Waals surface area contributed by atoms with E-state index in [4.69, 9.17) is 4.74 Å². The number of benzene rings is 1. The van der Waals surface area contributed by atoms with Gasteiger partial charge in [0.25, 0.3) is 0 Å². The summed E-state index contributed by atoms with van der Waals surface area (Å²) < 4.78 is 5.84. The average molecular weight is 263 g/mol. The molecule has 1 unspecified atom stereocenters. The van der Waals surface area contributed by atoms with Crippen molar-refractivity contribution in [3.05, 3.63) is 29.8 Å². The lowest BCUT2D eigenvalue weighted by atomic mass is 9.83. The number of hydrogen-bond donors (Lipinski definition) is 1. The minimum absolute atomic E-state index is 0.0704. The van der Waals surface area contributed by atoms with Gasteiger partial charge in [-0.2, -0.15) is 0 Å². The fourth-order valence-corrected chi connectivity index (χ4v) is 2.75. The lowest BCUT2D eigenvalue weighted by molar-refractivity contribution is 0.0405. The zero-order chi connectivity index (χ0) is 13.7. The Bertz CT molecular complexity index is 407. The molecule has 1 aromatic rings. The van der Waals surface area contributed by atoms with E-state index in [2.05, 4.69) is 24.8 Å². The molecule has 1 atom stereocenters. The van der Waals surface area contributed by atoms with Gasteiger partial charge in [-0.3, -0.25) is 4.90 Å². The number of piperidine rings is 1. The summed E-state index contributed by atoms with van der Waals surface area (Å²) in [7, 11) is 0. The highest BCUT2D eigenvalue weighted by Gasteiger charge is 2.29. The first-order chi connectivity index (χ1) is 9.13. The molecule has 1 aliphatic rings. The van der Waals surface area contributed by atoms with E-state index in [-0.39, 0.29) is 12.0 Å². The highest BCUT2D eigenvalue weighted by Crippen LogP contribution is 2.28. The molecule has 0 amide bonds. The maximum atomic E-state index is 9.45. The van der Waals surface area contributed by atoms with Crippen LogP contribution in [0.4, 0.5) is 0 Å². The van der Waals surface area contributed by atoms with Crippen LogP contribution in [0.25, 0.3) is 0 Å². The summed E-state index contributed by atoms with van der Waals surface area (Å²) in [6.45, 7) is 8.26. The van der Waals surface area contributed by atoms with Crippen molar-refractivity contribution < 1.29 is 9.84 Å². The van der Waals surface area contributed by atoms with Crippen molar-refractivity contribution in [1.29, 1.82) is 0 Å². The topological polar surface area (TPSA) is 32.7 Å². The van der Waals surface area contributed by atoms with Crippen LogP contribution >= 0.6 is 0 Å².